The van der Waals surface area contributed by atoms with E-state index >= 15 is 0 Å². The van der Waals surface area contributed by atoms with Crippen molar-refractivity contribution < 1.29 is 9.47 Å². The minimum absolute atomic E-state index is 0.0620. The molecule has 0 spiro atoms. The van der Waals surface area contributed by atoms with Gasteiger partial charge in [0.2, 0.25) is 0 Å². The third kappa shape index (κ3) is 4.01. The monoisotopic (exact) mass is 332 g/mol. The summed E-state index contributed by atoms with van der Waals surface area (Å²) in [5, 5.41) is 0. The molecule has 2 rings (SSSR count). The van der Waals surface area contributed by atoms with Crippen molar-refractivity contribution in [2.45, 2.75) is 26.5 Å². The van der Waals surface area contributed by atoms with E-state index in [4.69, 9.17) is 9.47 Å². The van der Waals surface area contributed by atoms with Crippen LogP contribution in [0.1, 0.15) is 23.7 Å². The summed E-state index contributed by atoms with van der Waals surface area (Å²) in [6.07, 6.45) is 1.11. The van der Waals surface area contributed by atoms with E-state index in [0.717, 1.165) is 15.8 Å². The zero-order valence-electron chi connectivity index (χ0n) is 14.4. The molecule has 0 saturated heterocycles. The highest BCUT2D eigenvalue weighted by Gasteiger charge is 2.16. The average molecular weight is 332 g/mol. The second-order valence-electron chi connectivity index (χ2n) is 5.55. The normalized spacial score (nSPS) is 11.0. The molecule has 6 heteroatoms. The second-order valence-corrected chi connectivity index (χ2v) is 5.55. The van der Waals surface area contributed by atoms with Gasteiger partial charge >= 0.3 is 5.69 Å². The highest BCUT2D eigenvalue weighted by molar-refractivity contribution is 5.27. The van der Waals surface area contributed by atoms with Crippen LogP contribution in [0.2, 0.25) is 0 Å². The fraction of sp³-hybridized carbons (Fsp3) is 0.444. The van der Waals surface area contributed by atoms with Gasteiger partial charge in [0.25, 0.3) is 5.56 Å². The van der Waals surface area contributed by atoms with Gasteiger partial charge in [-0.05, 0) is 12.0 Å². The maximum atomic E-state index is 12.7. The zero-order valence-corrected chi connectivity index (χ0v) is 14.4. The smallest absolute Gasteiger partial charge is 0.332 e. The Hall–Kier alpha value is -2.18. The molecule has 0 aliphatic heterocycles. The van der Waals surface area contributed by atoms with Crippen molar-refractivity contribution in [1.82, 2.24) is 9.13 Å². The van der Waals surface area contributed by atoms with Gasteiger partial charge in [-0.25, -0.2) is 9.36 Å². The lowest BCUT2D eigenvalue weighted by Crippen LogP contribution is -2.43. The first-order chi connectivity index (χ1) is 11.6. The molecule has 0 radical (unpaired) electrons. The third-order valence-corrected chi connectivity index (χ3v) is 3.99. The van der Waals surface area contributed by atoms with Gasteiger partial charge in [-0.2, -0.15) is 0 Å². The van der Waals surface area contributed by atoms with Gasteiger partial charge in [0.05, 0.1) is 13.2 Å². The molecule has 24 heavy (non-hydrogen) atoms. The van der Waals surface area contributed by atoms with Crippen molar-refractivity contribution in [2.75, 3.05) is 20.3 Å². The zero-order chi connectivity index (χ0) is 17.5. The highest BCUT2D eigenvalue weighted by atomic mass is 16.5. The molecule has 130 valence electrons. The number of aromatic nitrogens is 2. The van der Waals surface area contributed by atoms with Crippen LogP contribution in [-0.2, 0) is 36.1 Å². The standard InChI is InChI=1S/C18H24N2O4/c1-4-15-16(12-14-8-6-5-7-9-14)19(2)18(22)20(17(15)21)13-24-11-10-23-3/h5-9H,4,10-13H2,1-3H3. The van der Waals surface area contributed by atoms with Gasteiger partial charge < -0.3 is 9.47 Å². The fourth-order valence-corrected chi connectivity index (χ4v) is 2.65. The first-order valence-electron chi connectivity index (χ1n) is 8.02. The minimum Gasteiger partial charge on any atom is -0.382 e. The molecule has 0 N–H and O–H groups in total. The number of rotatable bonds is 8. The number of benzene rings is 1. The average Bonchev–Trinajstić information content (AvgIpc) is 2.60. The fourth-order valence-electron chi connectivity index (χ4n) is 2.65. The van der Waals surface area contributed by atoms with Crippen LogP contribution >= 0.6 is 0 Å². The van der Waals surface area contributed by atoms with Crippen molar-refractivity contribution in [1.29, 1.82) is 0 Å². The van der Waals surface area contributed by atoms with Gasteiger partial charge in [-0.15, -0.1) is 0 Å². The predicted molar refractivity (Wildman–Crippen MR) is 92.4 cm³/mol. The Morgan fingerprint density at radius 1 is 1.08 bits per heavy atom. The lowest BCUT2D eigenvalue weighted by atomic mass is 10.0. The summed E-state index contributed by atoms with van der Waals surface area (Å²) in [7, 11) is 3.27. The van der Waals surface area contributed by atoms with E-state index in [9.17, 15) is 9.59 Å². The largest absolute Gasteiger partial charge is 0.382 e. The van der Waals surface area contributed by atoms with Crippen LogP contribution in [-0.4, -0.2) is 29.5 Å². The number of ether oxygens (including phenoxy) is 2. The van der Waals surface area contributed by atoms with Crippen LogP contribution in [0.25, 0.3) is 0 Å². The molecule has 0 aliphatic rings. The van der Waals surface area contributed by atoms with Gasteiger partial charge in [0, 0.05) is 31.8 Å². The molecule has 6 nitrogen and oxygen atoms in total. The van der Waals surface area contributed by atoms with Crippen molar-refractivity contribution in [3.8, 4) is 0 Å². The Labute approximate surface area is 141 Å². The summed E-state index contributed by atoms with van der Waals surface area (Å²) < 4.78 is 12.9. The molecular weight excluding hydrogens is 308 g/mol. The lowest BCUT2D eigenvalue weighted by molar-refractivity contribution is 0.0300. The molecule has 2 aromatic rings. The molecule has 0 atom stereocenters. The molecule has 0 amide bonds. The van der Waals surface area contributed by atoms with Gasteiger partial charge in [0.15, 0.2) is 0 Å². The molecular formula is C18H24N2O4. The van der Waals surface area contributed by atoms with Crippen molar-refractivity contribution in [3.63, 3.8) is 0 Å². The molecule has 0 unspecified atom stereocenters. The van der Waals surface area contributed by atoms with Crippen LogP contribution in [0.4, 0.5) is 0 Å². The van der Waals surface area contributed by atoms with E-state index in [-0.39, 0.29) is 18.0 Å². The Bertz CT molecular complexity index is 778. The lowest BCUT2D eigenvalue weighted by Gasteiger charge is -2.16. The van der Waals surface area contributed by atoms with E-state index in [0.29, 0.717) is 31.6 Å². The number of methoxy groups -OCH3 is 1. The summed E-state index contributed by atoms with van der Waals surface area (Å²) in [5.41, 5.74) is 1.84. The minimum atomic E-state index is -0.361. The summed E-state index contributed by atoms with van der Waals surface area (Å²) in [6, 6.07) is 9.82. The Morgan fingerprint density at radius 2 is 1.79 bits per heavy atom. The molecule has 0 fully saturated rings. The molecule has 0 saturated carbocycles. The maximum absolute atomic E-state index is 12.7. The topological polar surface area (TPSA) is 62.5 Å². The van der Waals surface area contributed by atoms with Crippen LogP contribution in [0.5, 0.6) is 0 Å². The van der Waals surface area contributed by atoms with E-state index in [1.165, 1.54) is 0 Å². The van der Waals surface area contributed by atoms with Crippen LogP contribution in [0.15, 0.2) is 39.9 Å². The van der Waals surface area contributed by atoms with Crippen molar-refractivity contribution >= 4 is 0 Å². The Morgan fingerprint density at radius 3 is 2.42 bits per heavy atom. The molecule has 1 aromatic heterocycles. The first kappa shape index (κ1) is 18.2. The Kier molecular flexibility index (Phi) is 6.52. The van der Waals surface area contributed by atoms with Crippen LogP contribution in [0, 0.1) is 0 Å². The number of nitrogens with zero attached hydrogens (tertiary/aromatic N) is 2. The van der Waals surface area contributed by atoms with Gasteiger partial charge in [-0.3, -0.25) is 9.36 Å². The van der Waals surface area contributed by atoms with Crippen molar-refractivity contribution in [2.24, 2.45) is 7.05 Å². The van der Waals surface area contributed by atoms with Crippen LogP contribution in [0.3, 0.4) is 0 Å². The number of hydrogen-bond donors (Lipinski definition) is 0. The maximum Gasteiger partial charge on any atom is 0.332 e. The van der Waals surface area contributed by atoms with E-state index in [1.54, 1.807) is 18.7 Å². The quantitative estimate of drug-likeness (QED) is 0.684. The van der Waals surface area contributed by atoms with E-state index in [1.807, 2.05) is 37.3 Å². The predicted octanol–water partition coefficient (Wildman–Crippen LogP) is 1.32. The first-order valence-corrected chi connectivity index (χ1v) is 8.02. The van der Waals surface area contributed by atoms with E-state index < -0.39 is 0 Å². The summed E-state index contributed by atoms with van der Waals surface area (Å²) in [6.45, 7) is 2.61. The molecule has 1 aromatic carbocycles. The summed E-state index contributed by atoms with van der Waals surface area (Å²) in [5.74, 6) is 0. The summed E-state index contributed by atoms with van der Waals surface area (Å²) >= 11 is 0. The van der Waals surface area contributed by atoms with Crippen molar-refractivity contribution in [3.05, 3.63) is 68.0 Å². The molecule has 0 aliphatic carbocycles. The summed E-state index contributed by atoms with van der Waals surface area (Å²) in [4.78, 5) is 25.2. The van der Waals surface area contributed by atoms with Gasteiger partial charge in [-0.1, -0.05) is 37.3 Å². The Balaban J connectivity index is 2.39. The second kappa shape index (κ2) is 8.61. The van der Waals surface area contributed by atoms with Gasteiger partial charge in [0.1, 0.15) is 6.73 Å². The van der Waals surface area contributed by atoms with Crippen LogP contribution < -0.4 is 11.2 Å². The highest BCUT2D eigenvalue weighted by Crippen LogP contribution is 2.10. The molecule has 0 bridgehead atoms. The molecule has 1 heterocycles. The van der Waals surface area contributed by atoms with E-state index in [2.05, 4.69) is 0 Å². The SMILES string of the molecule is CCc1c(Cc2ccccc2)n(C)c(=O)n(COCCOC)c1=O. The third-order valence-electron chi connectivity index (χ3n) is 3.99. The number of hydrogen-bond acceptors (Lipinski definition) is 4.